The van der Waals surface area contributed by atoms with Gasteiger partial charge in [-0.1, -0.05) is 36.4 Å². The van der Waals surface area contributed by atoms with E-state index in [0.717, 1.165) is 24.8 Å². The number of nitrogens with zero attached hydrogens (tertiary/aromatic N) is 1. The van der Waals surface area contributed by atoms with Crippen LogP contribution in [-0.4, -0.2) is 19.8 Å². The van der Waals surface area contributed by atoms with Crippen molar-refractivity contribution in [2.24, 2.45) is 0 Å². The highest BCUT2D eigenvalue weighted by Crippen LogP contribution is 2.36. The van der Waals surface area contributed by atoms with Crippen molar-refractivity contribution in [1.82, 2.24) is 4.31 Å². The summed E-state index contributed by atoms with van der Waals surface area (Å²) in [4.78, 5) is -0.263. The Labute approximate surface area is 130 Å². The Morgan fingerprint density at radius 1 is 1.09 bits per heavy atom. The molecule has 3 nitrogen and oxygen atoms in total. The zero-order chi connectivity index (χ0) is 15.7. The Bertz CT molecular complexity index is 789. The third-order valence-corrected chi connectivity index (χ3v) is 6.17. The van der Waals surface area contributed by atoms with Crippen LogP contribution in [0, 0.1) is 5.82 Å². The second-order valence-corrected chi connectivity index (χ2v) is 7.52. The quantitative estimate of drug-likeness (QED) is 0.868. The SMILES string of the molecule is CN([C@H]1CCCc2ccccc21)S(=O)(=O)c1ccccc1F. The number of rotatable bonds is 3. The van der Waals surface area contributed by atoms with Gasteiger partial charge in [0.15, 0.2) is 0 Å². The first kappa shape index (κ1) is 15.2. The van der Waals surface area contributed by atoms with E-state index in [-0.39, 0.29) is 10.9 Å². The molecule has 0 N–H and O–H groups in total. The van der Waals surface area contributed by atoms with Crippen molar-refractivity contribution in [2.75, 3.05) is 7.05 Å². The fraction of sp³-hybridized carbons (Fsp3) is 0.294. The Morgan fingerprint density at radius 2 is 1.77 bits per heavy atom. The van der Waals surface area contributed by atoms with E-state index in [1.54, 1.807) is 6.07 Å². The van der Waals surface area contributed by atoms with Gasteiger partial charge in [-0.05, 0) is 42.5 Å². The topological polar surface area (TPSA) is 37.4 Å². The van der Waals surface area contributed by atoms with Gasteiger partial charge in [0.2, 0.25) is 10.0 Å². The second kappa shape index (κ2) is 5.82. The van der Waals surface area contributed by atoms with Crippen LogP contribution < -0.4 is 0 Å². The largest absolute Gasteiger partial charge is 0.246 e. The number of hydrogen-bond acceptors (Lipinski definition) is 2. The number of aryl methyl sites for hydroxylation is 1. The Balaban J connectivity index is 2.02. The summed E-state index contributed by atoms with van der Waals surface area (Å²) in [6.07, 6.45) is 2.64. The van der Waals surface area contributed by atoms with Gasteiger partial charge in [-0.25, -0.2) is 12.8 Å². The van der Waals surface area contributed by atoms with Crippen LogP contribution in [0.3, 0.4) is 0 Å². The standard InChI is InChI=1S/C17H18FNO2S/c1-19(22(20,21)17-12-5-4-10-15(17)18)16-11-6-8-13-7-2-3-9-14(13)16/h2-5,7,9-10,12,16H,6,8,11H2,1H3/t16-/m0/s1. The second-order valence-electron chi connectivity index (χ2n) is 5.56. The Morgan fingerprint density at radius 3 is 2.55 bits per heavy atom. The van der Waals surface area contributed by atoms with E-state index < -0.39 is 15.8 Å². The molecule has 0 bridgehead atoms. The molecule has 0 aromatic heterocycles. The summed E-state index contributed by atoms with van der Waals surface area (Å²) >= 11 is 0. The first-order valence-corrected chi connectivity index (χ1v) is 8.76. The normalized spacial score (nSPS) is 18.2. The summed E-state index contributed by atoms with van der Waals surface area (Å²) in [6.45, 7) is 0. The van der Waals surface area contributed by atoms with Crippen LogP contribution in [0.25, 0.3) is 0 Å². The molecule has 22 heavy (non-hydrogen) atoms. The highest BCUT2D eigenvalue weighted by molar-refractivity contribution is 7.89. The van der Waals surface area contributed by atoms with Gasteiger partial charge in [0.05, 0.1) is 0 Å². The van der Waals surface area contributed by atoms with E-state index in [0.29, 0.717) is 0 Å². The molecule has 3 rings (SSSR count). The Kier molecular flexibility index (Phi) is 4.02. The van der Waals surface area contributed by atoms with E-state index in [4.69, 9.17) is 0 Å². The van der Waals surface area contributed by atoms with E-state index in [1.165, 1.54) is 35.1 Å². The monoisotopic (exact) mass is 319 g/mol. The summed E-state index contributed by atoms with van der Waals surface area (Å²) < 4.78 is 40.7. The van der Waals surface area contributed by atoms with Gasteiger partial charge in [0.25, 0.3) is 0 Å². The summed E-state index contributed by atoms with van der Waals surface area (Å²) in [5, 5.41) is 0. The number of benzene rings is 2. The molecular formula is C17H18FNO2S. The van der Waals surface area contributed by atoms with Crippen molar-refractivity contribution in [3.63, 3.8) is 0 Å². The molecule has 0 amide bonds. The molecule has 0 fully saturated rings. The van der Waals surface area contributed by atoms with E-state index >= 15 is 0 Å². The van der Waals surface area contributed by atoms with Gasteiger partial charge >= 0.3 is 0 Å². The van der Waals surface area contributed by atoms with Gasteiger partial charge in [0, 0.05) is 13.1 Å². The minimum absolute atomic E-state index is 0.241. The predicted octanol–water partition coefficient (Wildman–Crippen LogP) is 3.52. The lowest BCUT2D eigenvalue weighted by Gasteiger charge is -2.32. The molecule has 1 aliphatic rings. The third-order valence-electron chi connectivity index (χ3n) is 4.27. The lowest BCUT2D eigenvalue weighted by atomic mass is 9.88. The molecule has 116 valence electrons. The minimum Gasteiger partial charge on any atom is -0.207 e. The Hall–Kier alpha value is -1.72. The smallest absolute Gasteiger partial charge is 0.207 e. The molecular weight excluding hydrogens is 301 g/mol. The van der Waals surface area contributed by atoms with Gasteiger partial charge in [0.1, 0.15) is 10.7 Å². The average molecular weight is 319 g/mol. The number of hydrogen-bond donors (Lipinski definition) is 0. The molecule has 0 saturated carbocycles. The first-order chi connectivity index (χ1) is 10.5. The molecule has 1 aliphatic carbocycles. The van der Waals surface area contributed by atoms with Gasteiger partial charge < -0.3 is 0 Å². The summed E-state index contributed by atoms with van der Waals surface area (Å²) in [5.74, 6) is -0.710. The van der Waals surface area contributed by atoms with Crippen molar-refractivity contribution in [3.05, 3.63) is 65.5 Å². The molecule has 2 aromatic rings. The molecule has 0 saturated heterocycles. The summed E-state index contributed by atoms with van der Waals surface area (Å²) in [7, 11) is -2.32. The lowest BCUT2D eigenvalue weighted by Crippen LogP contribution is -2.33. The summed E-state index contributed by atoms with van der Waals surface area (Å²) in [5.41, 5.74) is 2.20. The van der Waals surface area contributed by atoms with Crippen molar-refractivity contribution < 1.29 is 12.8 Å². The molecule has 2 aromatic carbocycles. The zero-order valence-electron chi connectivity index (χ0n) is 12.4. The molecule has 0 unspecified atom stereocenters. The average Bonchev–Trinajstić information content (AvgIpc) is 2.54. The van der Waals surface area contributed by atoms with Crippen LogP contribution in [0.2, 0.25) is 0 Å². The third kappa shape index (κ3) is 2.55. The van der Waals surface area contributed by atoms with Crippen LogP contribution in [-0.2, 0) is 16.4 Å². The van der Waals surface area contributed by atoms with Crippen LogP contribution in [0.4, 0.5) is 4.39 Å². The molecule has 5 heteroatoms. The zero-order valence-corrected chi connectivity index (χ0v) is 13.2. The molecule has 0 heterocycles. The predicted molar refractivity (Wildman–Crippen MR) is 83.5 cm³/mol. The highest BCUT2D eigenvalue weighted by atomic mass is 32.2. The number of halogens is 1. The van der Waals surface area contributed by atoms with Crippen molar-refractivity contribution in [2.45, 2.75) is 30.2 Å². The molecule has 0 spiro atoms. The van der Waals surface area contributed by atoms with Crippen LogP contribution in [0.5, 0.6) is 0 Å². The number of sulfonamides is 1. The van der Waals surface area contributed by atoms with Crippen molar-refractivity contribution >= 4 is 10.0 Å². The minimum atomic E-state index is -3.85. The summed E-state index contributed by atoms with van der Waals surface area (Å²) in [6, 6.07) is 13.2. The van der Waals surface area contributed by atoms with E-state index in [2.05, 4.69) is 0 Å². The van der Waals surface area contributed by atoms with Crippen LogP contribution >= 0.6 is 0 Å². The lowest BCUT2D eigenvalue weighted by molar-refractivity contribution is 0.336. The molecule has 1 atom stereocenters. The maximum atomic E-state index is 13.9. The highest BCUT2D eigenvalue weighted by Gasteiger charge is 2.33. The fourth-order valence-corrected chi connectivity index (χ4v) is 4.51. The molecule has 0 aliphatic heterocycles. The van der Waals surface area contributed by atoms with Crippen LogP contribution in [0.1, 0.15) is 30.0 Å². The van der Waals surface area contributed by atoms with Gasteiger partial charge in [-0.15, -0.1) is 0 Å². The maximum Gasteiger partial charge on any atom is 0.246 e. The van der Waals surface area contributed by atoms with Crippen molar-refractivity contribution in [1.29, 1.82) is 0 Å². The van der Waals surface area contributed by atoms with E-state index in [1.807, 2.05) is 24.3 Å². The van der Waals surface area contributed by atoms with Gasteiger partial charge in [-0.2, -0.15) is 4.31 Å². The van der Waals surface area contributed by atoms with E-state index in [9.17, 15) is 12.8 Å². The maximum absolute atomic E-state index is 13.9. The fourth-order valence-electron chi connectivity index (χ4n) is 3.08. The molecule has 0 radical (unpaired) electrons. The van der Waals surface area contributed by atoms with Gasteiger partial charge in [-0.3, -0.25) is 0 Å². The number of fused-ring (bicyclic) bond motifs is 1. The van der Waals surface area contributed by atoms with Crippen molar-refractivity contribution in [3.8, 4) is 0 Å². The van der Waals surface area contributed by atoms with Crippen LogP contribution in [0.15, 0.2) is 53.4 Å². The first-order valence-electron chi connectivity index (χ1n) is 7.32.